The lowest BCUT2D eigenvalue weighted by molar-refractivity contribution is -0.150. The summed E-state index contributed by atoms with van der Waals surface area (Å²) < 4.78 is 48.4. The maximum Gasteiger partial charge on any atom is 0.408 e. The zero-order valence-electron chi connectivity index (χ0n) is 18.4. The summed E-state index contributed by atoms with van der Waals surface area (Å²) in [5.41, 5.74) is -1.45. The van der Waals surface area contributed by atoms with Gasteiger partial charge in [0.1, 0.15) is 17.3 Å². The fraction of sp³-hybridized carbons (Fsp3) is 0.261. The first-order valence-corrected chi connectivity index (χ1v) is 10.0. The Balaban J connectivity index is 1.83. The van der Waals surface area contributed by atoms with E-state index in [0.29, 0.717) is 22.9 Å². The van der Waals surface area contributed by atoms with Crippen LogP contribution in [0.2, 0.25) is 0 Å². The number of nitrogens with zero attached hydrogens (tertiary/aromatic N) is 1. The van der Waals surface area contributed by atoms with E-state index >= 15 is 0 Å². The molecule has 1 N–H and O–H groups in total. The fourth-order valence-electron chi connectivity index (χ4n) is 3.96. The monoisotopic (exact) mass is 474 g/mol. The maximum absolute atomic E-state index is 14.3. The molecule has 0 unspecified atom stereocenters. The van der Waals surface area contributed by atoms with Gasteiger partial charge in [-0.2, -0.15) is 0 Å². The van der Waals surface area contributed by atoms with Crippen molar-refractivity contribution >= 4 is 28.9 Å². The minimum atomic E-state index is -2.13. The highest BCUT2D eigenvalue weighted by atomic mass is 19.1. The van der Waals surface area contributed by atoms with Crippen LogP contribution < -0.4 is 10.1 Å². The number of fused-ring (bicyclic) bond motifs is 2. The van der Waals surface area contributed by atoms with Gasteiger partial charge < -0.3 is 23.5 Å². The minimum Gasteiger partial charge on any atom is -0.497 e. The number of rotatable bonds is 6. The fourth-order valence-corrected chi connectivity index (χ4v) is 3.96. The van der Waals surface area contributed by atoms with Crippen LogP contribution in [0, 0.1) is 11.6 Å². The molecule has 0 bridgehead atoms. The molecule has 0 aliphatic carbocycles. The molecule has 2 heterocycles. The molecule has 0 spiro atoms. The Bertz CT molecular complexity index is 1310. The van der Waals surface area contributed by atoms with E-state index in [1.165, 1.54) is 18.1 Å². The van der Waals surface area contributed by atoms with E-state index in [0.717, 1.165) is 20.3 Å². The predicted octanol–water partition coefficient (Wildman–Crippen LogP) is 3.10. The maximum atomic E-state index is 14.3. The Kier molecular flexibility index (Phi) is 5.86. The molecular formula is C23H20F2N2O7. The number of furan rings is 1. The molecule has 2 aromatic carbocycles. The number of halogens is 2. The molecule has 2 amide bonds. The van der Waals surface area contributed by atoms with Gasteiger partial charge in [0.05, 0.1) is 27.9 Å². The molecule has 0 saturated heterocycles. The Labute approximate surface area is 192 Å². The zero-order chi connectivity index (χ0) is 24.6. The lowest BCUT2D eigenvalue weighted by Crippen LogP contribution is -2.58. The first kappa shape index (κ1) is 23.0. The second-order valence-corrected chi connectivity index (χ2v) is 7.61. The second kappa shape index (κ2) is 8.65. The molecule has 1 aromatic heterocycles. The van der Waals surface area contributed by atoms with Gasteiger partial charge in [0.15, 0.2) is 11.4 Å². The predicted molar refractivity (Wildman–Crippen MR) is 113 cm³/mol. The molecular weight excluding hydrogens is 454 g/mol. The second-order valence-electron chi connectivity index (χ2n) is 7.61. The average Bonchev–Trinajstić information content (AvgIpc) is 3.39. The Morgan fingerprint density at radius 2 is 1.88 bits per heavy atom. The third-order valence-corrected chi connectivity index (χ3v) is 5.61. The number of nitrogens with one attached hydrogen (secondary N) is 1. The average molecular weight is 474 g/mol. The van der Waals surface area contributed by atoms with Crippen molar-refractivity contribution in [3.8, 4) is 5.75 Å². The van der Waals surface area contributed by atoms with E-state index in [4.69, 9.17) is 13.9 Å². The van der Waals surface area contributed by atoms with E-state index in [1.807, 2.05) is 0 Å². The van der Waals surface area contributed by atoms with Crippen molar-refractivity contribution in [2.75, 3.05) is 27.9 Å². The van der Waals surface area contributed by atoms with E-state index in [2.05, 4.69) is 10.1 Å². The summed E-state index contributed by atoms with van der Waals surface area (Å²) in [5, 5.41) is 2.38. The van der Waals surface area contributed by atoms with Gasteiger partial charge in [0.25, 0.3) is 5.91 Å². The van der Waals surface area contributed by atoms with Crippen LogP contribution in [0.3, 0.4) is 0 Å². The first-order chi connectivity index (χ1) is 16.2. The van der Waals surface area contributed by atoms with Crippen LogP contribution in [0.15, 0.2) is 40.8 Å². The lowest BCUT2D eigenvalue weighted by atomic mass is 9.94. The summed E-state index contributed by atoms with van der Waals surface area (Å²) in [7, 11) is 3.61. The molecule has 1 aliphatic rings. The number of amides is 2. The van der Waals surface area contributed by atoms with Gasteiger partial charge in [-0.05, 0) is 29.8 Å². The van der Waals surface area contributed by atoms with Gasteiger partial charge in [0.2, 0.25) is 5.54 Å². The van der Waals surface area contributed by atoms with E-state index < -0.39 is 41.7 Å². The lowest BCUT2D eigenvalue weighted by Gasteiger charge is -2.33. The Morgan fingerprint density at radius 3 is 2.56 bits per heavy atom. The van der Waals surface area contributed by atoms with Gasteiger partial charge in [0, 0.05) is 23.6 Å². The number of carbonyl (C=O) groups is 3. The van der Waals surface area contributed by atoms with Crippen molar-refractivity contribution in [2.45, 2.75) is 12.1 Å². The van der Waals surface area contributed by atoms with Gasteiger partial charge in [-0.15, -0.1) is 0 Å². The number of methoxy groups -OCH3 is 3. The third kappa shape index (κ3) is 3.78. The number of benzene rings is 2. The molecule has 11 heteroatoms. The molecule has 0 radical (unpaired) electrons. The highest BCUT2D eigenvalue weighted by molar-refractivity contribution is 5.99. The number of alkyl carbamates (subject to hydrolysis) is 1. The zero-order valence-corrected chi connectivity index (χ0v) is 18.4. The summed E-state index contributed by atoms with van der Waals surface area (Å²) in [4.78, 5) is 39.8. The Hall–Kier alpha value is -4.15. The molecule has 0 saturated carbocycles. The summed E-state index contributed by atoms with van der Waals surface area (Å²) in [6, 6.07) is 7.78. The van der Waals surface area contributed by atoms with Crippen LogP contribution in [0.5, 0.6) is 5.75 Å². The standard InChI is InChI=1S/C23H20F2N2O7/c1-31-15-5-4-12-10-27(20(28)16(12)9-15)11-23(21(29)32-2,26-22(30)33-3)18-7-13-6-14(24)8-17(25)19(13)34-18/h4-9H,10-11H2,1-3H3,(H,26,30)/t23-/m0/s1. The quantitative estimate of drug-likeness (QED) is 0.547. The van der Waals surface area contributed by atoms with E-state index in [-0.39, 0.29) is 23.3 Å². The van der Waals surface area contributed by atoms with Gasteiger partial charge in [-0.25, -0.2) is 18.4 Å². The van der Waals surface area contributed by atoms with Crippen molar-refractivity contribution in [2.24, 2.45) is 0 Å². The minimum absolute atomic E-state index is 0.00761. The molecule has 1 aliphatic heterocycles. The van der Waals surface area contributed by atoms with Crippen LogP contribution in [0.1, 0.15) is 21.7 Å². The van der Waals surface area contributed by atoms with Crippen molar-refractivity contribution in [3.05, 3.63) is 64.9 Å². The van der Waals surface area contributed by atoms with Gasteiger partial charge in [-0.1, -0.05) is 6.07 Å². The highest BCUT2D eigenvalue weighted by Crippen LogP contribution is 2.35. The smallest absolute Gasteiger partial charge is 0.408 e. The van der Waals surface area contributed by atoms with Gasteiger partial charge in [-0.3, -0.25) is 10.1 Å². The number of carbonyl (C=O) groups excluding carboxylic acids is 3. The van der Waals surface area contributed by atoms with Crippen LogP contribution >= 0.6 is 0 Å². The van der Waals surface area contributed by atoms with E-state index in [9.17, 15) is 23.2 Å². The van der Waals surface area contributed by atoms with Crippen LogP contribution in [-0.4, -0.2) is 50.7 Å². The molecule has 178 valence electrons. The largest absolute Gasteiger partial charge is 0.497 e. The summed E-state index contributed by atoms with van der Waals surface area (Å²) in [6.07, 6.45) is -1.04. The highest BCUT2D eigenvalue weighted by Gasteiger charge is 2.50. The number of hydrogen-bond acceptors (Lipinski definition) is 7. The van der Waals surface area contributed by atoms with Crippen LogP contribution in [0.4, 0.5) is 13.6 Å². The summed E-state index contributed by atoms with van der Waals surface area (Å²) in [5.74, 6) is -3.13. The number of hydrogen-bond donors (Lipinski definition) is 1. The number of esters is 1. The van der Waals surface area contributed by atoms with Crippen molar-refractivity contribution in [1.82, 2.24) is 10.2 Å². The normalized spacial score (nSPS) is 14.5. The Morgan fingerprint density at radius 1 is 1.12 bits per heavy atom. The van der Waals surface area contributed by atoms with E-state index in [1.54, 1.807) is 18.2 Å². The number of ether oxygens (including phenoxy) is 3. The SMILES string of the molecule is COC(=O)N[C@](CN1Cc2ccc(OC)cc2C1=O)(C(=O)OC)c1cc2cc(F)cc(F)c2o1. The molecule has 9 nitrogen and oxygen atoms in total. The van der Waals surface area contributed by atoms with Crippen molar-refractivity contribution in [3.63, 3.8) is 0 Å². The van der Waals surface area contributed by atoms with Crippen LogP contribution in [-0.2, 0) is 26.4 Å². The topological polar surface area (TPSA) is 107 Å². The molecule has 34 heavy (non-hydrogen) atoms. The summed E-state index contributed by atoms with van der Waals surface area (Å²) >= 11 is 0. The van der Waals surface area contributed by atoms with Gasteiger partial charge >= 0.3 is 12.1 Å². The first-order valence-electron chi connectivity index (χ1n) is 10.0. The van der Waals surface area contributed by atoms with Crippen molar-refractivity contribution in [1.29, 1.82) is 0 Å². The van der Waals surface area contributed by atoms with Crippen LogP contribution in [0.25, 0.3) is 11.0 Å². The molecule has 4 rings (SSSR count). The molecule has 3 aromatic rings. The summed E-state index contributed by atoms with van der Waals surface area (Å²) in [6.45, 7) is -0.350. The molecule has 0 fully saturated rings. The third-order valence-electron chi connectivity index (χ3n) is 5.61. The van der Waals surface area contributed by atoms with Crippen molar-refractivity contribution < 1.29 is 41.8 Å². The molecule has 1 atom stereocenters.